The summed E-state index contributed by atoms with van der Waals surface area (Å²) in [6.07, 6.45) is 1.50. The maximum absolute atomic E-state index is 10.1. The molecule has 2 aromatic carbocycles. The largest absolute Gasteiger partial charge is 0.506 e. The smallest absolute Gasteiger partial charge is 0.149 e. The van der Waals surface area contributed by atoms with E-state index in [1.807, 2.05) is 24.3 Å². The van der Waals surface area contributed by atoms with Crippen molar-refractivity contribution in [3.05, 3.63) is 50.7 Å². The summed E-state index contributed by atoms with van der Waals surface area (Å²) < 4.78 is 0.551. The van der Waals surface area contributed by atoms with Crippen LogP contribution in [-0.4, -0.2) is 20.2 Å². The second-order valence-corrected chi connectivity index (χ2v) is 6.38. The average Bonchev–Trinajstić information content (AvgIpc) is 2.98. The lowest BCUT2D eigenvalue weighted by Crippen LogP contribution is -1.87. The fourth-order valence-electron chi connectivity index (χ4n) is 2.12. The molecule has 0 aliphatic rings. The third kappa shape index (κ3) is 2.83. The molecular weight excluding hydrogens is 426 g/mol. The summed E-state index contributed by atoms with van der Waals surface area (Å²) in [7, 11) is 0. The number of nitrogens with one attached hydrogen (secondary N) is 1. The number of fused-ring (bicyclic) bond motifs is 1. The predicted molar refractivity (Wildman–Crippen MR) is 94.7 cm³/mol. The molecule has 3 rings (SSSR count). The first-order chi connectivity index (χ1) is 11.0. The normalized spacial score (nSPS) is 11.6. The molecule has 0 aliphatic carbocycles. The minimum Gasteiger partial charge on any atom is -0.506 e. The van der Waals surface area contributed by atoms with Crippen molar-refractivity contribution in [3.8, 4) is 17.6 Å². The summed E-state index contributed by atoms with van der Waals surface area (Å²) in [6, 6.07) is 11.0. The molecule has 0 spiro atoms. The van der Waals surface area contributed by atoms with Crippen molar-refractivity contribution in [2.24, 2.45) is 0 Å². The van der Waals surface area contributed by atoms with E-state index in [2.05, 4.69) is 47.9 Å². The number of aromatic amines is 1. The van der Waals surface area contributed by atoms with Crippen LogP contribution in [-0.2, 0) is 0 Å². The van der Waals surface area contributed by atoms with Crippen LogP contribution < -0.4 is 0 Å². The Morgan fingerprint density at radius 2 is 1.96 bits per heavy atom. The van der Waals surface area contributed by atoms with Crippen LogP contribution in [0.5, 0.6) is 11.5 Å². The first-order valence-electron chi connectivity index (χ1n) is 6.48. The second kappa shape index (κ2) is 6.07. The van der Waals surface area contributed by atoms with Gasteiger partial charge < -0.3 is 15.2 Å². The van der Waals surface area contributed by atoms with E-state index in [9.17, 15) is 15.5 Å². The molecule has 0 saturated carbocycles. The molecule has 1 heterocycles. The van der Waals surface area contributed by atoms with Crippen molar-refractivity contribution < 1.29 is 10.2 Å². The van der Waals surface area contributed by atoms with Gasteiger partial charge in [-0.15, -0.1) is 0 Å². The standard InChI is InChI=1S/C16H9Br2N3O2/c17-10-6-8(14(22)13(18)15(10)23)5-9(7-19)16-20-11-3-1-2-4-12(11)21-16/h1-6,22-23H,(H,20,21)/b9-5-. The van der Waals surface area contributed by atoms with Gasteiger partial charge in [-0.3, -0.25) is 0 Å². The van der Waals surface area contributed by atoms with Gasteiger partial charge >= 0.3 is 0 Å². The molecule has 3 aromatic rings. The number of halogens is 2. The number of nitrogens with zero attached hydrogens (tertiary/aromatic N) is 2. The number of hydrogen-bond donors (Lipinski definition) is 3. The Balaban J connectivity index is 2.15. The van der Waals surface area contributed by atoms with Gasteiger partial charge in [0, 0.05) is 5.56 Å². The molecule has 1 aromatic heterocycles. The van der Waals surface area contributed by atoms with E-state index in [1.165, 1.54) is 12.1 Å². The topological polar surface area (TPSA) is 92.9 Å². The van der Waals surface area contributed by atoms with Crippen molar-refractivity contribution in [1.29, 1.82) is 5.26 Å². The van der Waals surface area contributed by atoms with Gasteiger partial charge in [-0.1, -0.05) is 12.1 Å². The van der Waals surface area contributed by atoms with Crippen molar-refractivity contribution in [1.82, 2.24) is 9.97 Å². The van der Waals surface area contributed by atoms with Crippen molar-refractivity contribution in [3.63, 3.8) is 0 Å². The molecule has 0 bridgehead atoms. The number of aromatic nitrogens is 2. The van der Waals surface area contributed by atoms with Gasteiger partial charge in [-0.25, -0.2) is 4.98 Å². The van der Waals surface area contributed by atoms with E-state index >= 15 is 0 Å². The number of hydrogen-bond acceptors (Lipinski definition) is 4. The van der Waals surface area contributed by atoms with Crippen LogP contribution in [0.1, 0.15) is 11.4 Å². The number of phenolic OH excluding ortho intramolecular Hbond substituents is 2. The van der Waals surface area contributed by atoms with E-state index in [0.717, 1.165) is 11.0 Å². The fraction of sp³-hybridized carbons (Fsp3) is 0. The monoisotopic (exact) mass is 433 g/mol. The van der Waals surface area contributed by atoms with Gasteiger partial charge in [0.15, 0.2) is 0 Å². The van der Waals surface area contributed by atoms with Crippen molar-refractivity contribution in [2.45, 2.75) is 0 Å². The lowest BCUT2D eigenvalue weighted by molar-refractivity contribution is 0.441. The van der Waals surface area contributed by atoms with E-state index in [4.69, 9.17) is 0 Å². The van der Waals surface area contributed by atoms with Gasteiger partial charge in [-0.2, -0.15) is 5.26 Å². The molecule has 0 aliphatic heterocycles. The van der Waals surface area contributed by atoms with Crippen LogP contribution in [0.25, 0.3) is 22.7 Å². The molecule has 0 fully saturated rings. The summed E-state index contributed by atoms with van der Waals surface area (Å²) in [6.45, 7) is 0. The van der Waals surface area contributed by atoms with Gasteiger partial charge in [0.1, 0.15) is 27.9 Å². The molecular formula is C16H9Br2N3O2. The zero-order valence-corrected chi connectivity index (χ0v) is 14.7. The lowest BCUT2D eigenvalue weighted by atomic mass is 10.1. The Morgan fingerprint density at radius 3 is 2.65 bits per heavy atom. The highest BCUT2D eigenvalue weighted by Gasteiger charge is 2.15. The molecule has 114 valence electrons. The van der Waals surface area contributed by atoms with E-state index in [1.54, 1.807) is 0 Å². The number of rotatable bonds is 2. The number of benzene rings is 2. The van der Waals surface area contributed by atoms with Crippen LogP contribution in [0, 0.1) is 11.3 Å². The van der Waals surface area contributed by atoms with Crippen LogP contribution in [0.15, 0.2) is 39.3 Å². The fourth-order valence-corrected chi connectivity index (χ4v) is 3.27. The number of H-pyrrole nitrogens is 1. The SMILES string of the molecule is N#C/C(=C/c1cc(Br)c(O)c(Br)c1O)c1nc2ccccc2[nH]1. The predicted octanol–water partition coefficient (Wildman–Crippen LogP) is 4.56. The lowest BCUT2D eigenvalue weighted by Gasteiger charge is -2.07. The minimum absolute atomic E-state index is 0.109. The first kappa shape index (κ1) is 15.6. The van der Waals surface area contributed by atoms with Crippen molar-refractivity contribution >= 4 is 54.5 Å². The molecule has 5 nitrogen and oxygen atoms in total. The molecule has 0 unspecified atom stereocenters. The summed E-state index contributed by atoms with van der Waals surface area (Å²) in [4.78, 5) is 7.44. The zero-order valence-electron chi connectivity index (χ0n) is 11.5. The quantitative estimate of drug-likeness (QED) is 0.515. The molecule has 3 N–H and O–H groups in total. The minimum atomic E-state index is -0.158. The van der Waals surface area contributed by atoms with E-state index < -0.39 is 0 Å². The zero-order chi connectivity index (χ0) is 16.6. The highest BCUT2D eigenvalue weighted by Crippen LogP contribution is 2.42. The maximum Gasteiger partial charge on any atom is 0.149 e. The molecule has 0 saturated heterocycles. The van der Waals surface area contributed by atoms with E-state index in [-0.39, 0.29) is 21.5 Å². The second-order valence-electron chi connectivity index (χ2n) is 4.73. The molecule has 0 atom stereocenters. The Morgan fingerprint density at radius 1 is 1.22 bits per heavy atom. The number of para-hydroxylation sites is 2. The van der Waals surface area contributed by atoms with Crippen LogP contribution in [0.3, 0.4) is 0 Å². The number of nitriles is 1. The third-order valence-electron chi connectivity index (χ3n) is 3.26. The Kier molecular flexibility index (Phi) is 4.11. The number of imidazole rings is 1. The van der Waals surface area contributed by atoms with E-state index in [0.29, 0.717) is 15.9 Å². The summed E-state index contributed by atoms with van der Waals surface area (Å²) in [5, 5.41) is 29.3. The Hall–Kier alpha value is -2.30. The van der Waals surface area contributed by atoms with Gasteiger partial charge in [0.25, 0.3) is 0 Å². The molecule has 23 heavy (non-hydrogen) atoms. The van der Waals surface area contributed by atoms with Crippen LogP contribution in [0.2, 0.25) is 0 Å². The molecule has 0 amide bonds. The molecule has 0 radical (unpaired) electrons. The highest BCUT2D eigenvalue weighted by molar-refractivity contribution is 9.11. The Labute approximate surface area is 148 Å². The third-order valence-corrected chi connectivity index (χ3v) is 4.62. The summed E-state index contributed by atoms with van der Waals surface area (Å²) >= 11 is 6.31. The Bertz CT molecular complexity index is 954. The van der Waals surface area contributed by atoms with Crippen LogP contribution >= 0.6 is 31.9 Å². The van der Waals surface area contributed by atoms with Crippen LogP contribution in [0.4, 0.5) is 0 Å². The van der Waals surface area contributed by atoms with Crippen molar-refractivity contribution in [2.75, 3.05) is 0 Å². The number of aromatic hydroxyl groups is 2. The molecule has 7 heteroatoms. The maximum atomic E-state index is 10.1. The average molecular weight is 435 g/mol. The summed E-state index contributed by atoms with van der Waals surface area (Å²) in [5.74, 6) is 0.143. The first-order valence-corrected chi connectivity index (χ1v) is 8.06. The van der Waals surface area contributed by atoms with Gasteiger partial charge in [0.2, 0.25) is 0 Å². The number of allylic oxidation sites excluding steroid dienone is 1. The van der Waals surface area contributed by atoms with Gasteiger partial charge in [-0.05, 0) is 56.1 Å². The van der Waals surface area contributed by atoms with Gasteiger partial charge in [0.05, 0.1) is 21.1 Å². The summed E-state index contributed by atoms with van der Waals surface area (Å²) in [5.41, 5.74) is 2.21. The highest BCUT2D eigenvalue weighted by atomic mass is 79.9. The number of phenols is 2.